The van der Waals surface area contributed by atoms with Crippen LogP contribution in [-0.4, -0.2) is 116 Å². The predicted octanol–water partition coefficient (Wildman–Crippen LogP) is 12.0. The molecular formula is C56H66F6N8O10. The number of likely N-dealkylation sites (N-methyl/N-ethyl adjacent to an activating group) is 2. The van der Waals surface area contributed by atoms with Crippen LogP contribution in [0, 0.1) is 22.7 Å². The third kappa shape index (κ3) is 16.6. The van der Waals surface area contributed by atoms with Gasteiger partial charge in [-0.15, -0.1) is 26.3 Å². The summed E-state index contributed by atoms with van der Waals surface area (Å²) < 4.78 is 98.9. The van der Waals surface area contributed by atoms with Crippen molar-refractivity contribution in [3.05, 3.63) is 84.9 Å². The van der Waals surface area contributed by atoms with Gasteiger partial charge in [0.05, 0.1) is 22.1 Å². The molecule has 432 valence electrons. The third-order valence-corrected chi connectivity index (χ3v) is 13.8. The van der Waals surface area contributed by atoms with Crippen LogP contribution in [0.25, 0.3) is 22.1 Å². The molecule has 0 spiro atoms. The van der Waals surface area contributed by atoms with Gasteiger partial charge in [-0.3, -0.25) is 19.2 Å². The molecule has 4 aromatic carbocycles. The number of rotatable bonds is 18. The minimum Gasteiger partial charge on any atom is -0.484 e. The summed E-state index contributed by atoms with van der Waals surface area (Å²) in [5, 5.41) is 24.3. The van der Waals surface area contributed by atoms with Crippen molar-refractivity contribution in [2.24, 2.45) is 22.7 Å². The van der Waals surface area contributed by atoms with Crippen LogP contribution < -0.4 is 29.6 Å². The molecule has 0 saturated heterocycles. The second-order valence-corrected chi connectivity index (χ2v) is 22.3. The van der Waals surface area contributed by atoms with Gasteiger partial charge in [-0.2, -0.15) is 0 Å². The standard InChI is InChI=1S/2C28H33F3N4O5/c2*1-17-11-19(14-27(2,3)13-17)35-23-10-9-21(39-16-24(36)34(4)15-25(37)38)12-22(23)33-26(35)32-18-5-7-20(8-6-18)40-28(29,30)31/h2*5-10,12,17,19H,11,13-16H2,1-4H3,(H,32,33)(H,37,38)/t2*17-,19+/m10/s1. The van der Waals surface area contributed by atoms with E-state index in [9.17, 15) is 45.5 Å². The molecule has 18 nitrogen and oxygen atoms in total. The number of nitrogens with one attached hydrogen (secondary N) is 2. The molecule has 80 heavy (non-hydrogen) atoms. The summed E-state index contributed by atoms with van der Waals surface area (Å²) >= 11 is 0. The lowest BCUT2D eigenvalue weighted by molar-refractivity contribution is -0.275. The Morgan fingerprint density at radius 3 is 1.23 bits per heavy atom. The number of hydrogen-bond acceptors (Lipinski definition) is 12. The van der Waals surface area contributed by atoms with E-state index < -0.39 is 49.6 Å². The number of amides is 2. The molecule has 2 amide bonds. The maximum Gasteiger partial charge on any atom is 0.573 e. The van der Waals surface area contributed by atoms with Crippen LogP contribution in [0.2, 0.25) is 0 Å². The van der Waals surface area contributed by atoms with E-state index in [4.69, 9.17) is 29.7 Å². The summed E-state index contributed by atoms with van der Waals surface area (Å²) in [5.41, 5.74) is 4.21. The van der Waals surface area contributed by atoms with Gasteiger partial charge in [-0.25, -0.2) is 9.97 Å². The number of aliphatic carboxylic acids is 2. The minimum absolute atomic E-state index is 0.109. The van der Waals surface area contributed by atoms with Gasteiger partial charge < -0.3 is 58.7 Å². The largest absolute Gasteiger partial charge is 0.573 e. The first-order valence-electron chi connectivity index (χ1n) is 25.8. The molecule has 24 heteroatoms. The predicted molar refractivity (Wildman–Crippen MR) is 285 cm³/mol. The van der Waals surface area contributed by atoms with Gasteiger partial charge in [0, 0.05) is 49.7 Å². The van der Waals surface area contributed by atoms with Crippen molar-refractivity contribution in [3.8, 4) is 23.0 Å². The molecule has 2 aromatic heterocycles. The number of carbonyl (C=O) groups is 4. The van der Waals surface area contributed by atoms with Crippen LogP contribution in [0.3, 0.4) is 0 Å². The monoisotopic (exact) mass is 1120 g/mol. The highest BCUT2D eigenvalue weighted by Gasteiger charge is 2.37. The van der Waals surface area contributed by atoms with Crippen molar-refractivity contribution in [1.82, 2.24) is 28.9 Å². The molecule has 8 rings (SSSR count). The van der Waals surface area contributed by atoms with Crippen LogP contribution in [0.15, 0.2) is 84.9 Å². The summed E-state index contributed by atoms with van der Waals surface area (Å²) in [5.74, 6) is -1.02. The lowest BCUT2D eigenvalue weighted by atomic mass is 9.70. The molecule has 4 N–H and O–H groups in total. The topological polar surface area (TPSA) is 212 Å². The van der Waals surface area contributed by atoms with Crippen LogP contribution in [0.1, 0.15) is 92.2 Å². The second kappa shape index (κ2) is 24.2. The third-order valence-electron chi connectivity index (χ3n) is 13.8. The maximum absolute atomic E-state index is 12.6. The fourth-order valence-corrected chi connectivity index (χ4v) is 11.1. The Kier molecular flexibility index (Phi) is 18.1. The fourth-order valence-electron chi connectivity index (χ4n) is 11.1. The van der Waals surface area contributed by atoms with E-state index in [1.807, 2.05) is 12.1 Å². The van der Waals surface area contributed by atoms with Gasteiger partial charge in [0.25, 0.3) is 11.8 Å². The lowest BCUT2D eigenvalue weighted by Crippen LogP contribution is -2.35. The number of anilines is 4. The van der Waals surface area contributed by atoms with Crippen molar-refractivity contribution in [3.63, 3.8) is 0 Å². The van der Waals surface area contributed by atoms with Crippen molar-refractivity contribution in [2.45, 2.75) is 105 Å². The number of nitrogens with zero attached hydrogens (tertiary/aromatic N) is 6. The number of halogens is 6. The Labute approximate surface area is 457 Å². The Balaban J connectivity index is 0.000000231. The summed E-state index contributed by atoms with van der Waals surface area (Å²) in [7, 11) is 2.77. The van der Waals surface area contributed by atoms with Crippen LogP contribution >= 0.6 is 0 Å². The summed E-state index contributed by atoms with van der Waals surface area (Å²) in [6, 6.07) is 21.8. The number of aromatic nitrogens is 4. The molecule has 0 unspecified atom stereocenters. The fraction of sp³-hybridized carbons (Fsp3) is 0.464. The summed E-state index contributed by atoms with van der Waals surface area (Å²) in [6.07, 6.45) is -3.65. The Morgan fingerprint density at radius 2 is 0.912 bits per heavy atom. The first-order chi connectivity index (χ1) is 37.4. The SMILES string of the molecule is C[C@@H]1C[C@H](n2c(Nc3ccc(OC(F)(F)F)cc3)nc3cc(OCC(=O)N(C)CC(=O)O)ccc32)CC(C)(C)C1.C[C@H]1C[C@@H](n2c(Nc3ccc(OC(F)(F)F)cc3)nc3cc(OCC(=O)N(C)CC(=O)O)ccc32)CC(C)(C)C1. The number of carboxylic acid groups (broad SMARTS) is 2. The summed E-state index contributed by atoms with van der Waals surface area (Å²) in [4.78, 5) is 57.8. The van der Waals surface area contributed by atoms with Gasteiger partial charge >= 0.3 is 24.7 Å². The quantitative estimate of drug-likeness (QED) is 0.0590. The van der Waals surface area contributed by atoms with E-state index >= 15 is 0 Å². The maximum atomic E-state index is 12.6. The first-order valence-corrected chi connectivity index (χ1v) is 25.8. The van der Waals surface area contributed by atoms with Gasteiger partial charge in [-0.1, -0.05) is 41.5 Å². The van der Waals surface area contributed by atoms with Gasteiger partial charge in [0.15, 0.2) is 13.2 Å². The van der Waals surface area contributed by atoms with E-state index in [0.717, 1.165) is 59.4 Å². The van der Waals surface area contributed by atoms with Crippen molar-refractivity contribution in [2.75, 3.05) is 51.0 Å². The molecule has 2 aliphatic carbocycles. The Hall–Kier alpha value is -7.92. The number of carboxylic acids is 2. The molecule has 0 aliphatic heterocycles. The highest BCUT2D eigenvalue weighted by Crippen LogP contribution is 2.48. The van der Waals surface area contributed by atoms with Crippen LogP contribution in [0.5, 0.6) is 23.0 Å². The molecule has 2 fully saturated rings. The van der Waals surface area contributed by atoms with E-state index in [1.54, 1.807) is 24.3 Å². The van der Waals surface area contributed by atoms with Crippen molar-refractivity contribution < 1.29 is 74.7 Å². The van der Waals surface area contributed by atoms with Crippen molar-refractivity contribution in [1.29, 1.82) is 0 Å². The molecule has 4 atom stereocenters. The number of benzene rings is 4. The first kappa shape index (κ1) is 59.7. The van der Waals surface area contributed by atoms with Crippen LogP contribution in [-0.2, 0) is 19.2 Å². The van der Waals surface area contributed by atoms with Crippen LogP contribution in [0.4, 0.5) is 49.6 Å². The lowest BCUT2D eigenvalue weighted by Gasteiger charge is -2.40. The zero-order chi connectivity index (χ0) is 58.5. The van der Waals surface area contributed by atoms with Gasteiger partial charge in [0.1, 0.15) is 36.1 Å². The number of imidazole rings is 2. The smallest absolute Gasteiger partial charge is 0.484 e. The molecule has 2 heterocycles. The molecule has 0 radical (unpaired) electrons. The average molecular weight is 1130 g/mol. The zero-order valence-corrected chi connectivity index (χ0v) is 45.6. The highest BCUT2D eigenvalue weighted by atomic mass is 19.4. The molecule has 6 aromatic rings. The van der Waals surface area contributed by atoms with E-state index in [1.165, 1.54) is 62.6 Å². The summed E-state index contributed by atoms with van der Waals surface area (Å²) in [6.45, 7) is 11.9. The van der Waals surface area contributed by atoms with Gasteiger partial charge in [0.2, 0.25) is 11.9 Å². The average Bonchev–Trinajstić information content (AvgIpc) is 3.87. The highest BCUT2D eigenvalue weighted by molar-refractivity contribution is 5.85. The molecule has 2 saturated carbocycles. The van der Waals surface area contributed by atoms with Gasteiger partial charge in [-0.05, 0) is 134 Å². The number of hydrogen-bond donors (Lipinski definition) is 4. The second-order valence-electron chi connectivity index (χ2n) is 22.3. The van der Waals surface area contributed by atoms with E-state index in [2.05, 4.69) is 70.8 Å². The molecule has 2 aliphatic rings. The molecular weight excluding hydrogens is 1060 g/mol. The number of ether oxygens (including phenoxy) is 4. The van der Waals surface area contributed by atoms with Crippen molar-refractivity contribution >= 4 is 69.1 Å². The van der Waals surface area contributed by atoms with E-state index in [-0.39, 0.29) is 47.6 Å². The minimum atomic E-state index is -4.77. The number of fused-ring (bicyclic) bond motifs is 2. The normalized spacial score (nSPS) is 18.8. The molecule has 0 bridgehead atoms. The number of carbonyl (C=O) groups excluding carboxylic acids is 2. The van der Waals surface area contributed by atoms with E-state index in [0.29, 0.717) is 57.6 Å². The zero-order valence-electron chi connectivity index (χ0n) is 45.6. The Bertz CT molecular complexity index is 2950. The Morgan fingerprint density at radius 1 is 0.575 bits per heavy atom. The number of alkyl halides is 6.